The number of aryl methyl sites for hydroxylation is 1. The number of anilines is 1. The number of rotatable bonds is 4. The van der Waals surface area contributed by atoms with Gasteiger partial charge in [0.05, 0.1) is 11.8 Å². The topological polar surface area (TPSA) is 66.5 Å². The quantitative estimate of drug-likeness (QED) is 0.839. The molecule has 3 amide bonds. The monoisotopic (exact) mass is 360 g/mol. The van der Waals surface area contributed by atoms with E-state index < -0.39 is 0 Å². The van der Waals surface area contributed by atoms with E-state index in [2.05, 4.69) is 5.32 Å². The number of imide groups is 1. The molecule has 0 spiro atoms. The van der Waals surface area contributed by atoms with Crippen LogP contribution in [0, 0.1) is 30.6 Å². The number of fused-ring (bicyclic) bond motifs is 5. The van der Waals surface area contributed by atoms with Crippen LogP contribution in [-0.4, -0.2) is 29.2 Å². The largest absolute Gasteiger partial charge is 0.326 e. The summed E-state index contributed by atoms with van der Waals surface area (Å²) < 4.78 is 0. The zero-order chi connectivity index (χ0) is 17.7. The van der Waals surface area contributed by atoms with Crippen LogP contribution in [0.4, 0.5) is 5.69 Å². The van der Waals surface area contributed by atoms with E-state index in [0.717, 1.165) is 24.8 Å². The van der Waals surface area contributed by atoms with Gasteiger partial charge in [-0.1, -0.05) is 17.7 Å². The second kappa shape index (κ2) is 6.13. The number of nitrogens with zero attached hydrogens (tertiary/aromatic N) is 1. The zero-order valence-electron chi connectivity index (χ0n) is 14.1. The molecule has 2 bridgehead atoms. The van der Waals surface area contributed by atoms with Gasteiger partial charge in [-0.3, -0.25) is 19.3 Å². The Morgan fingerprint density at radius 3 is 2.44 bits per heavy atom. The molecule has 2 aliphatic carbocycles. The lowest BCUT2D eigenvalue weighted by Crippen LogP contribution is -2.35. The van der Waals surface area contributed by atoms with Crippen molar-refractivity contribution in [3.8, 4) is 0 Å². The maximum absolute atomic E-state index is 12.6. The summed E-state index contributed by atoms with van der Waals surface area (Å²) in [4.78, 5) is 38.7. The van der Waals surface area contributed by atoms with E-state index >= 15 is 0 Å². The Balaban J connectivity index is 1.36. The lowest BCUT2D eigenvalue weighted by molar-refractivity contribution is -0.140. The molecule has 25 heavy (non-hydrogen) atoms. The van der Waals surface area contributed by atoms with Gasteiger partial charge in [0, 0.05) is 23.7 Å². The molecule has 1 heterocycles. The molecule has 3 aliphatic rings. The van der Waals surface area contributed by atoms with Gasteiger partial charge in [0.25, 0.3) is 0 Å². The number of likely N-dealkylation sites (tertiary alicyclic amines) is 1. The van der Waals surface area contributed by atoms with Gasteiger partial charge in [-0.2, -0.15) is 0 Å². The number of hydrogen-bond acceptors (Lipinski definition) is 3. The van der Waals surface area contributed by atoms with Crippen molar-refractivity contribution in [2.45, 2.75) is 32.6 Å². The Bertz CT molecular complexity index is 735. The van der Waals surface area contributed by atoms with E-state index in [1.165, 1.54) is 4.90 Å². The SMILES string of the molecule is Cc1ccc(NC(=O)CCN2C(=O)[C@H]3[C@@H]4CC[C@@H](C4)[C@@H]3C2=O)cc1Cl. The van der Waals surface area contributed by atoms with Crippen LogP contribution in [0.2, 0.25) is 5.02 Å². The molecule has 1 N–H and O–H groups in total. The first kappa shape index (κ1) is 16.6. The van der Waals surface area contributed by atoms with Gasteiger partial charge >= 0.3 is 0 Å². The van der Waals surface area contributed by atoms with Crippen molar-refractivity contribution in [3.63, 3.8) is 0 Å². The molecule has 5 nitrogen and oxygen atoms in total. The highest BCUT2D eigenvalue weighted by Gasteiger charge is 2.60. The number of carbonyl (C=O) groups is 3. The molecule has 3 fully saturated rings. The normalized spacial score (nSPS) is 30.1. The summed E-state index contributed by atoms with van der Waals surface area (Å²) in [5, 5.41) is 3.36. The van der Waals surface area contributed by atoms with Crippen molar-refractivity contribution in [3.05, 3.63) is 28.8 Å². The Labute approximate surface area is 151 Å². The van der Waals surface area contributed by atoms with Gasteiger partial charge in [-0.25, -0.2) is 0 Å². The van der Waals surface area contributed by atoms with Crippen molar-refractivity contribution in [1.29, 1.82) is 0 Å². The summed E-state index contributed by atoms with van der Waals surface area (Å²) in [5.74, 6) is 0.165. The van der Waals surface area contributed by atoms with Crippen molar-refractivity contribution < 1.29 is 14.4 Å². The predicted molar refractivity (Wildman–Crippen MR) is 94.0 cm³/mol. The molecule has 0 radical (unpaired) electrons. The number of hydrogen-bond donors (Lipinski definition) is 1. The van der Waals surface area contributed by atoms with E-state index in [1.807, 2.05) is 13.0 Å². The minimum absolute atomic E-state index is 0.0617. The second-order valence-corrected chi connectivity index (χ2v) is 7.88. The molecule has 132 valence electrons. The third kappa shape index (κ3) is 2.74. The van der Waals surface area contributed by atoms with Crippen LogP contribution in [0.5, 0.6) is 0 Å². The number of carbonyl (C=O) groups excluding carboxylic acids is 3. The van der Waals surface area contributed by atoms with Gasteiger partial charge in [0.2, 0.25) is 17.7 Å². The van der Waals surface area contributed by atoms with Crippen molar-refractivity contribution in [1.82, 2.24) is 4.90 Å². The number of halogens is 1. The van der Waals surface area contributed by atoms with Crippen LogP contribution in [0.1, 0.15) is 31.2 Å². The Kier molecular flexibility index (Phi) is 4.07. The maximum Gasteiger partial charge on any atom is 0.233 e. The molecule has 0 aromatic heterocycles. The fourth-order valence-corrected chi connectivity index (χ4v) is 4.98. The number of nitrogens with one attached hydrogen (secondary N) is 1. The molecular weight excluding hydrogens is 340 g/mol. The maximum atomic E-state index is 12.6. The first-order chi connectivity index (χ1) is 12.0. The minimum atomic E-state index is -0.222. The van der Waals surface area contributed by atoms with E-state index in [0.29, 0.717) is 22.5 Å². The molecule has 0 unspecified atom stereocenters. The highest BCUT2D eigenvalue weighted by molar-refractivity contribution is 6.31. The predicted octanol–water partition coefficient (Wildman–Crippen LogP) is 3.01. The van der Waals surface area contributed by atoms with Crippen LogP contribution in [0.15, 0.2) is 18.2 Å². The molecule has 1 aliphatic heterocycles. The van der Waals surface area contributed by atoms with Gasteiger partial charge in [-0.05, 0) is 55.7 Å². The van der Waals surface area contributed by atoms with E-state index in [9.17, 15) is 14.4 Å². The third-order valence-corrected chi connectivity index (χ3v) is 6.44. The lowest BCUT2D eigenvalue weighted by atomic mass is 9.81. The van der Waals surface area contributed by atoms with Crippen LogP contribution in [0.25, 0.3) is 0 Å². The zero-order valence-corrected chi connectivity index (χ0v) is 14.9. The Morgan fingerprint density at radius 1 is 1.20 bits per heavy atom. The molecule has 1 aromatic rings. The molecule has 4 atom stereocenters. The molecule has 4 rings (SSSR count). The Morgan fingerprint density at radius 2 is 1.84 bits per heavy atom. The van der Waals surface area contributed by atoms with Gasteiger partial charge in [-0.15, -0.1) is 0 Å². The summed E-state index contributed by atoms with van der Waals surface area (Å²) >= 11 is 6.06. The van der Waals surface area contributed by atoms with Crippen molar-refractivity contribution in [2.24, 2.45) is 23.7 Å². The van der Waals surface area contributed by atoms with Gasteiger partial charge < -0.3 is 5.32 Å². The minimum Gasteiger partial charge on any atom is -0.326 e. The van der Waals surface area contributed by atoms with Crippen LogP contribution in [0.3, 0.4) is 0 Å². The van der Waals surface area contributed by atoms with Crippen LogP contribution < -0.4 is 5.32 Å². The number of benzene rings is 1. The standard InChI is InChI=1S/C19H21ClN2O3/c1-10-2-5-13(9-14(10)20)21-15(23)6-7-22-18(24)16-11-3-4-12(8-11)17(16)19(22)25/h2,5,9,11-12,16-17H,3-4,6-8H2,1H3,(H,21,23)/t11-,12+,16-,17-/m0/s1. The van der Waals surface area contributed by atoms with Crippen LogP contribution in [-0.2, 0) is 14.4 Å². The summed E-state index contributed by atoms with van der Waals surface area (Å²) in [6, 6.07) is 5.32. The first-order valence-corrected chi connectivity index (χ1v) is 9.24. The average Bonchev–Trinajstić information content (AvgIpc) is 3.24. The Hall–Kier alpha value is -1.88. The summed E-state index contributed by atoms with van der Waals surface area (Å²) in [6.07, 6.45) is 3.26. The lowest BCUT2D eigenvalue weighted by Gasteiger charge is -2.19. The smallest absolute Gasteiger partial charge is 0.233 e. The van der Waals surface area contributed by atoms with E-state index in [4.69, 9.17) is 11.6 Å². The molecule has 1 aromatic carbocycles. The van der Waals surface area contributed by atoms with Crippen LogP contribution >= 0.6 is 11.6 Å². The average molecular weight is 361 g/mol. The molecule has 2 saturated carbocycles. The third-order valence-electron chi connectivity index (χ3n) is 6.04. The van der Waals surface area contributed by atoms with E-state index in [1.54, 1.807) is 12.1 Å². The summed E-state index contributed by atoms with van der Waals surface area (Å²) in [5.41, 5.74) is 1.56. The summed E-state index contributed by atoms with van der Waals surface area (Å²) in [7, 11) is 0. The van der Waals surface area contributed by atoms with Crippen molar-refractivity contribution >= 4 is 35.0 Å². The van der Waals surface area contributed by atoms with Gasteiger partial charge in [0.15, 0.2) is 0 Å². The fourth-order valence-electron chi connectivity index (χ4n) is 4.80. The van der Waals surface area contributed by atoms with Crippen molar-refractivity contribution in [2.75, 3.05) is 11.9 Å². The fraction of sp³-hybridized carbons (Fsp3) is 0.526. The van der Waals surface area contributed by atoms with E-state index in [-0.39, 0.29) is 42.5 Å². The molecule has 1 saturated heterocycles. The highest BCUT2D eigenvalue weighted by atomic mass is 35.5. The first-order valence-electron chi connectivity index (χ1n) is 8.87. The van der Waals surface area contributed by atoms with Gasteiger partial charge in [0.1, 0.15) is 0 Å². The summed E-state index contributed by atoms with van der Waals surface area (Å²) in [6.45, 7) is 2.05. The number of amides is 3. The molecule has 6 heteroatoms. The second-order valence-electron chi connectivity index (χ2n) is 7.48. The molecular formula is C19H21ClN2O3. The highest BCUT2D eigenvalue weighted by Crippen LogP contribution is 2.56.